The molecule has 0 N–H and O–H groups in total. The van der Waals surface area contributed by atoms with Crippen molar-refractivity contribution in [3.63, 3.8) is 0 Å². The molecule has 0 saturated carbocycles. The van der Waals surface area contributed by atoms with E-state index in [9.17, 15) is 13.2 Å². The first-order valence-electron chi connectivity index (χ1n) is 4.33. The van der Waals surface area contributed by atoms with Crippen LogP contribution in [0.3, 0.4) is 0 Å². The zero-order valence-electron chi connectivity index (χ0n) is 8.11. The van der Waals surface area contributed by atoms with Gasteiger partial charge in [0.25, 0.3) is 6.43 Å². The fourth-order valence-corrected chi connectivity index (χ4v) is 1.03. The summed E-state index contributed by atoms with van der Waals surface area (Å²) in [6.45, 7) is -0.852. The minimum absolute atomic E-state index is 0.00253. The largest absolute Gasteiger partial charge is 0.485 e. The lowest BCUT2D eigenvalue weighted by Crippen LogP contribution is -2.08. The Hall–Kier alpha value is -1.88. The van der Waals surface area contributed by atoms with Gasteiger partial charge in [-0.1, -0.05) is 11.2 Å². The summed E-state index contributed by atoms with van der Waals surface area (Å²) in [7, 11) is 0. The molecule has 7 heteroatoms. The fourth-order valence-electron chi connectivity index (χ4n) is 1.03. The molecular weight excluding hydrogens is 223 g/mol. The maximum atomic E-state index is 13.2. The van der Waals surface area contributed by atoms with Gasteiger partial charge in [0.1, 0.15) is 6.61 Å². The van der Waals surface area contributed by atoms with Gasteiger partial charge in [0.2, 0.25) is 0 Å². The Morgan fingerprint density at radius 2 is 2.19 bits per heavy atom. The third-order valence-electron chi connectivity index (χ3n) is 1.68. The van der Waals surface area contributed by atoms with E-state index in [1.54, 1.807) is 0 Å². The Morgan fingerprint density at radius 1 is 1.44 bits per heavy atom. The van der Waals surface area contributed by atoms with Gasteiger partial charge in [-0.05, 0) is 23.2 Å². The molecule has 4 nitrogen and oxygen atoms in total. The number of azide groups is 1. The summed E-state index contributed by atoms with van der Waals surface area (Å²) in [6.07, 6.45) is -2.65. The summed E-state index contributed by atoms with van der Waals surface area (Å²) in [6, 6.07) is 3.74. The summed E-state index contributed by atoms with van der Waals surface area (Å²) < 4.78 is 41.3. The fraction of sp³-hybridized carbons (Fsp3) is 0.333. The third kappa shape index (κ3) is 3.70. The van der Waals surface area contributed by atoms with Crippen molar-refractivity contribution in [1.82, 2.24) is 0 Å². The molecule has 16 heavy (non-hydrogen) atoms. The van der Waals surface area contributed by atoms with E-state index >= 15 is 0 Å². The normalized spacial score (nSPS) is 10.0. The van der Waals surface area contributed by atoms with E-state index < -0.39 is 18.8 Å². The summed E-state index contributed by atoms with van der Waals surface area (Å²) in [5, 5.41) is 3.24. The van der Waals surface area contributed by atoms with E-state index in [0.29, 0.717) is 5.56 Å². The minimum Gasteiger partial charge on any atom is -0.485 e. The lowest BCUT2D eigenvalue weighted by molar-refractivity contribution is 0.0799. The number of ether oxygens (including phenoxy) is 1. The number of hydrogen-bond donors (Lipinski definition) is 0. The van der Waals surface area contributed by atoms with Crippen LogP contribution in [0.4, 0.5) is 13.2 Å². The molecule has 86 valence electrons. The molecule has 0 atom stereocenters. The zero-order valence-corrected chi connectivity index (χ0v) is 8.11. The molecule has 0 bridgehead atoms. The first kappa shape index (κ1) is 12.2. The van der Waals surface area contributed by atoms with Crippen LogP contribution in [0, 0.1) is 5.82 Å². The summed E-state index contributed by atoms with van der Waals surface area (Å²) in [5.41, 5.74) is 8.50. The van der Waals surface area contributed by atoms with Crippen molar-refractivity contribution in [3.05, 3.63) is 40.0 Å². The molecule has 0 saturated heterocycles. The predicted octanol–water partition coefficient (Wildman–Crippen LogP) is 3.28. The van der Waals surface area contributed by atoms with E-state index in [4.69, 9.17) is 5.53 Å². The lowest BCUT2D eigenvalue weighted by atomic mass is 10.2. The summed E-state index contributed by atoms with van der Waals surface area (Å²) in [5.74, 6) is -1.00. The van der Waals surface area contributed by atoms with Gasteiger partial charge in [0, 0.05) is 4.91 Å². The molecule has 0 unspecified atom stereocenters. The first-order valence-corrected chi connectivity index (χ1v) is 4.33. The molecule has 0 fully saturated rings. The standard InChI is InChI=1S/C9H8F3N3O/c10-7-3-6(4-14-15-13)1-2-8(7)16-5-9(11)12/h1-3,9H,4-5H2. The molecule has 0 aliphatic heterocycles. The molecule has 0 spiro atoms. The third-order valence-corrected chi connectivity index (χ3v) is 1.68. The van der Waals surface area contributed by atoms with E-state index in [-0.39, 0.29) is 12.3 Å². The number of rotatable bonds is 5. The molecule has 0 aromatic heterocycles. The molecule has 0 aliphatic rings. The van der Waals surface area contributed by atoms with Crippen LogP contribution in [0.15, 0.2) is 23.3 Å². The molecule has 1 aromatic carbocycles. The highest BCUT2D eigenvalue weighted by Gasteiger charge is 2.08. The quantitative estimate of drug-likeness (QED) is 0.435. The van der Waals surface area contributed by atoms with Crippen LogP contribution in [0.1, 0.15) is 5.56 Å². The molecule has 0 amide bonds. The average molecular weight is 231 g/mol. The number of nitrogens with zero attached hydrogens (tertiary/aromatic N) is 3. The Bertz CT molecular complexity index is 405. The highest BCUT2D eigenvalue weighted by molar-refractivity contribution is 5.29. The van der Waals surface area contributed by atoms with Crippen molar-refractivity contribution in [2.45, 2.75) is 13.0 Å². The minimum atomic E-state index is -2.65. The van der Waals surface area contributed by atoms with Gasteiger partial charge >= 0.3 is 0 Å². The topological polar surface area (TPSA) is 58.0 Å². The average Bonchev–Trinajstić information content (AvgIpc) is 2.24. The van der Waals surface area contributed by atoms with Gasteiger partial charge in [-0.15, -0.1) is 0 Å². The van der Waals surface area contributed by atoms with E-state index in [1.165, 1.54) is 12.1 Å². The van der Waals surface area contributed by atoms with E-state index in [0.717, 1.165) is 6.07 Å². The zero-order chi connectivity index (χ0) is 12.0. The van der Waals surface area contributed by atoms with Crippen LogP contribution in [-0.4, -0.2) is 13.0 Å². The van der Waals surface area contributed by atoms with Crippen LogP contribution in [0.5, 0.6) is 5.75 Å². The highest BCUT2D eigenvalue weighted by Crippen LogP contribution is 2.19. The van der Waals surface area contributed by atoms with Crippen LogP contribution in [0.25, 0.3) is 10.4 Å². The highest BCUT2D eigenvalue weighted by atomic mass is 19.3. The Balaban J connectivity index is 2.70. The van der Waals surface area contributed by atoms with Gasteiger partial charge in [-0.25, -0.2) is 13.2 Å². The molecule has 0 radical (unpaired) electrons. The maximum absolute atomic E-state index is 13.2. The van der Waals surface area contributed by atoms with Gasteiger partial charge < -0.3 is 4.74 Å². The second-order valence-corrected chi connectivity index (χ2v) is 2.86. The van der Waals surface area contributed by atoms with Crippen molar-refractivity contribution in [3.8, 4) is 5.75 Å². The first-order chi connectivity index (χ1) is 7.63. The van der Waals surface area contributed by atoms with Gasteiger partial charge in [-0.3, -0.25) is 0 Å². The second kappa shape index (κ2) is 5.87. The van der Waals surface area contributed by atoms with Crippen molar-refractivity contribution in [1.29, 1.82) is 0 Å². The number of benzene rings is 1. The van der Waals surface area contributed by atoms with Crippen LogP contribution < -0.4 is 4.74 Å². The van der Waals surface area contributed by atoms with Crippen molar-refractivity contribution in [2.24, 2.45) is 5.11 Å². The molecular formula is C9H8F3N3O. The van der Waals surface area contributed by atoms with E-state index in [2.05, 4.69) is 14.8 Å². The van der Waals surface area contributed by atoms with Crippen LogP contribution in [-0.2, 0) is 6.54 Å². The smallest absolute Gasteiger partial charge is 0.272 e. The SMILES string of the molecule is [N-]=[N+]=NCc1ccc(OCC(F)F)c(F)c1. The van der Waals surface area contributed by atoms with Gasteiger partial charge in [0.15, 0.2) is 11.6 Å². The molecule has 0 heterocycles. The Labute approximate surface area is 89.3 Å². The predicted molar refractivity (Wildman–Crippen MR) is 50.7 cm³/mol. The van der Waals surface area contributed by atoms with Crippen molar-refractivity contribution >= 4 is 0 Å². The maximum Gasteiger partial charge on any atom is 0.272 e. The van der Waals surface area contributed by atoms with Crippen LogP contribution >= 0.6 is 0 Å². The van der Waals surface area contributed by atoms with Crippen molar-refractivity contribution < 1.29 is 17.9 Å². The monoisotopic (exact) mass is 231 g/mol. The second-order valence-electron chi connectivity index (χ2n) is 2.86. The number of alkyl halides is 2. The number of hydrogen-bond acceptors (Lipinski definition) is 2. The summed E-state index contributed by atoms with van der Waals surface area (Å²) in [4.78, 5) is 2.51. The Kier molecular flexibility index (Phi) is 4.47. The lowest BCUT2D eigenvalue weighted by Gasteiger charge is -2.07. The molecule has 1 rings (SSSR count). The summed E-state index contributed by atoms with van der Waals surface area (Å²) >= 11 is 0. The molecule has 1 aromatic rings. The number of halogens is 3. The van der Waals surface area contributed by atoms with Crippen LogP contribution in [0.2, 0.25) is 0 Å². The van der Waals surface area contributed by atoms with Crippen molar-refractivity contribution in [2.75, 3.05) is 6.61 Å². The van der Waals surface area contributed by atoms with Gasteiger partial charge in [-0.2, -0.15) is 0 Å². The Morgan fingerprint density at radius 3 is 2.75 bits per heavy atom. The molecule has 0 aliphatic carbocycles. The van der Waals surface area contributed by atoms with Gasteiger partial charge in [0.05, 0.1) is 6.54 Å². The van der Waals surface area contributed by atoms with E-state index in [1.807, 2.05) is 0 Å².